The molecular formula is C14H16N4O2S. The second-order valence-corrected chi connectivity index (χ2v) is 5.57. The molecule has 6 nitrogen and oxygen atoms in total. The molecule has 1 heterocycles. The maximum absolute atomic E-state index is 11.9. The number of rotatable bonds is 4. The number of nitrogens with one attached hydrogen (secondary N) is 2. The number of aromatic amines is 1. The van der Waals surface area contributed by atoms with Crippen LogP contribution in [0.1, 0.15) is 11.3 Å². The number of carbonyl (C=O) groups excluding carboxylic acids is 1. The molecule has 2 rings (SSSR count). The molecule has 0 aliphatic carbocycles. The number of hydrogen-bond acceptors (Lipinski definition) is 5. The van der Waals surface area contributed by atoms with E-state index in [1.54, 1.807) is 19.1 Å². The number of aryl methyl sites for hydroxylation is 2. The zero-order valence-electron chi connectivity index (χ0n) is 11.8. The number of thioether (sulfide) groups is 1. The van der Waals surface area contributed by atoms with Crippen LogP contribution in [0.15, 0.2) is 34.2 Å². The van der Waals surface area contributed by atoms with E-state index in [1.165, 1.54) is 17.8 Å². The van der Waals surface area contributed by atoms with Crippen LogP contribution < -0.4 is 16.6 Å². The Balaban J connectivity index is 1.99. The molecule has 1 aromatic carbocycles. The maximum atomic E-state index is 11.9. The number of hydrogen-bond donors (Lipinski definition) is 3. The van der Waals surface area contributed by atoms with Gasteiger partial charge in [0.15, 0.2) is 5.16 Å². The van der Waals surface area contributed by atoms with Crippen molar-refractivity contribution in [3.63, 3.8) is 0 Å². The number of nitrogens with zero attached hydrogens (tertiary/aromatic N) is 1. The van der Waals surface area contributed by atoms with Crippen LogP contribution in [0.4, 0.5) is 11.4 Å². The molecule has 1 aromatic heterocycles. The summed E-state index contributed by atoms with van der Waals surface area (Å²) in [6.45, 7) is 3.62. The highest BCUT2D eigenvalue weighted by Gasteiger charge is 2.07. The van der Waals surface area contributed by atoms with Crippen molar-refractivity contribution in [2.24, 2.45) is 0 Å². The number of benzene rings is 1. The number of anilines is 2. The van der Waals surface area contributed by atoms with Gasteiger partial charge in [-0.1, -0.05) is 17.8 Å². The quantitative estimate of drug-likeness (QED) is 0.453. The summed E-state index contributed by atoms with van der Waals surface area (Å²) in [6, 6.07) is 6.74. The van der Waals surface area contributed by atoms with Crippen molar-refractivity contribution in [2.45, 2.75) is 19.0 Å². The lowest BCUT2D eigenvalue weighted by molar-refractivity contribution is -0.113. The lowest BCUT2D eigenvalue weighted by Gasteiger charge is -2.09. The molecule has 0 fully saturated rings. The first kappa shape index (κ1) is 15.1. The number of aromatic nitrogens is 2. The van der Waals surface area contributed by atoms with Crippen molar-refractivity contribution in [3.05, 3.63) is 45.9 Å². The van der Waals surface area contributed by atoms with Crippen molar-refractivity contribution in [2.75, 3.05) is 16.8 Å². The maximum Gasteiger partial charge on any atom is 0.251 e. The summed E-state index contributed by atoms with van der Waals surface area (Å²) in [7, 11) is 0. The molecule has 0 atom stereocenters. The summed E-state index contributed by atoms with van der Waals surface area (Å²) in [5.41, 5.74) is 8.30. The minimum Gasteiger partial charge on any atom is -0.399 e. The molecule has 0 aliphatic rings. The molecule has 0 unspecified atom stereocenters. The van der Waals surface area contributed by atoms with Crippen LogP contribution in [0.5, 0.6) is 0 Å². The van der Waals surface area contributed by atoms with E-state index < -0.39 is 0 Å². The van der Waals surface area contributed by atoms with Crippen LogP contribution in [-0.4, -0.2) is 21.6 Å². The molecule has 0 radical (unpaired) electrons. The van der Waals surface area contributed by atoms with Crippen LogP contribution >= 0.6 is 11.8 Å². The molecule has 0 aliphatic heterocycles. The average molecular weight is 304 g/mol. The van der Waals surface area contributed by atoms with Gasteiger partial charge >= 0.3 is 0 Å². The second kappa shape index (κ2) is 6.45. The number of amides is 1. The normalized spacial score (nSPS) is 10.4. The van der Waals surface area contributed by atoms with E-state index in [2.05, 4.69) is 15.3 Å². The van der Waals surface area contributed by atoms with Gasteiger partial charge in [0, 0.05) is 23.1 Å². The molecule has 2 aromatic rings. The number of H-pyrrole nitrogens is 1. The van der Waals surface area contributed by atoms with Gasteiger partial charge < -0.3 is 16.0 Å². The van der Waals surface area contributed by atoms with Gasteiger partial charge in [0.25, 0.3) is 5.56 Å². The molecule has 21 heavy (non-hydrogen) atoms. The Hall–Kier alpha value is -2.28. The first-order valence-electron chi connectivity index (χ1n) is 6.31. The molecule has 4 N–H and O–H groups in total. The highest BCUT2D eigenvalue weighted by molar-refractivity contribution is 7.99. The number of nitrogen functional groups attached to an aromatic ring is 1. The van der Waals surface area contributed by atoms with Gasteiger partial charge in [-0.25, -0.2) is 4.98 Å². The minimum absolute atomic E-state index is 0.153. The highest BCUT2D eigenvalue weighted by atomic mass is 32.2. The Morgan fingerprint density at radius 1 is 1.38 bits per heavy atom. The van der Waals surface area contributed by atoms with Gasteiger partial charge in [-0.05, 0) is 31.5 Å². The van der Waals surface area contributed by atoms with E-state index >= 15 is 0 Å². The summed E-state index contributed by atoms with van der Waals surface area (Å²) in [4.78, 5) is 30.0. The van der Waals surface area contributed by atoms with Gasteiger partial charge in [-0.3, -0.25) is 9.59 Å². The number of nitrogens with two attached hydrogens (primary N) is 1. The minimum atomic E-state index is -0.225. The standard InChI is InChI=1S/C14H16N4O2S/c1-8-3-4-10(15)6-11(8)17-13(20)7-21-14-16-9(2)5-12(19)18-14/h3-6H,7,15H2,1-2H3,(H,17,20)(H,16,18,19). The molecule has 0 saturated heterocycles. The SMILES string of the molecule is Cc1cc(=O)[nH]c(SCC(=O)Nc2cc(N)ccc2C)n1. The van der Waals surface area contributed by atoms with Crippen molar-refractivity contribution in [1.82, 2.24) is 9.97 Å². The zero-order valence-corrected chi connectivity index (χ0v) is 12.6. The summed E-state index contributed by atoms with van der Waals surface area (Å²) in [5.74, 6) is -0.0291. The van der Waals surface area contributed by atoms with Crippen molar-refractivity contribution in [1.29, 1.82) is 0 Å². The molecule has 0 spiro atoms. The summed E-state index contributed by atoms with van der Waals surface area (Å²) in [6.07, 6.45) is 0. The Bertz CT molecular complexity index is 727. The van der Waals surface area contributed by atoms with Crippen LogP contribution in [0, 0.1) is 13.8 Å². The van der Waals surface area contributed by atoms with Gasteiger partial charge in [0.2, 0.25) is 5.91 Å². The third-order valence-electron chi connectivity index (χ3n) is 2.72. The van der Waals surface area contributed by atoms with Crippen LogP contribution in [-0.2, 0) is 4.79 Å². The lowest BCUT2D eigenvalue weighted by Crippen LogP contribution is -2.16. The molecule has 0 saturated carbocycles. The third kappa shape index (κ3) is 4.35. The first-order valence-corrected chi connectivity index (χ1v) is 7.29. The third-order valence-corrected chi connectivity index (χ3v) is 3.60. The van der Waals surface area contributed by atoms with Crippen molar-refractivity contribution >= 4 is 29.0 Å². The fourth-order valence-corrected chi connectivity index (χ4v) is 2.44. The van der Waals surface area contributed by atoms with Crippen LogP contribution in [0.25, 0.3) is 0 Å². The predicted molar refractivity (Wildman–Crippen MR) is 84.5 cm³/mol. The van der Waals surface area contributed by atoms with E-state index in [9.17, 15) is 9.59 Å². The summed E-state index contributed by atoms with van der Waals surface area (Å²) in [5, 5.41) is 3.22. The Morgan fingerprint density at radius 2 is 2.14 bits per heavy atom. The van der Waals surface area contributed by atoms with E-state index in [0.717, 1.165) is 5.56 Å². The van der Waals surface area contributed by atoms with E-state index in [-0.39, 0.29) is 17.2 Å². The van der Waals surface area contributed by atoms with E-state index in [4.69, 9.17) is 5.73 Å². The van der Waals surface area contributed by atoms with Gasteiger partial charge in [-0.15, -0.1) is 0 Å². The van der Waals surface area contributed by atoms with Gasteiger partial charge in [0.1, 0.15) is 0 Å². The monoisotopic (exact) mass is 304 g/mol. The number of carbonyl (C=O) groups is 1. The second-order valence-electron chi connectivity index (χ2n) is 4.60. The fraction of sp³-hybridized carbons (Fsp3) is 0.214. The molecule has 1 amide bonds. The summed E-state index contributed by atoms with van der Waals surface area (Å²) < 4.78 is 0. The summed E-state index contributed by atoms with van der Waals surface area (Å²) >= 11 is 1.18. The van der Waals surface area contributed by atoms with Crippen molar-refractivity contribution < 1.29 is 4.79 Å². The Labute approximate surface area is 126 Å². The Morgan fingerprint density at radius 3 is 2.86 bits per heavy atom. The van der Waals surface area contributed by atoms with Crippen LogP contribution in [0.3, 0.4) is 0 Å². The highest BCUT2D eigenvalue weighted by Crippen LogP contribution is 2.19. The molecular weight excluding hydrogens is 288 g/mol. The topological polar surface area (TPSA) is 101 Å². The van der Waals surface area contributed by atoms with E-state index in [0.29, 0.717) is 22.2 Å². The largest absolute Gasteiger partial charge is 0.399 e. The van der Waals surface area contributed by atoms with Gasteiger partial charge in [0.05, 0.1) is 5.75 Å². The fourth-order valence-electron chi connectivity index (χ4n) is 1.71. The Kier molecular flexibility index (Phi) is 4.64. The van der Waals surface area contributed by atoms with E-state index in [1.807, 2.05) is 13.0 Å². The first-order chi connectivity index (χ1) is 9.94. The van der Waals surface area contributed by atoms with Crippen LogP contribution in [0.2, 0.25) is 0 Å². The smallest absolute Gasteiger partial charge is 0.251 e. The van der Waals surface area contributed by atoms with Crippen molar-refractivity contribution in [3.8, 4) is 0 Å². The molecule has 110 valence electrons. The predicted octanol–water partition coefficient (Wildman–Crippen LogP) is 1.70. The average Bonchev–Trinajstić information content (AvgIpc) is 2.40. The lowest BCUT2D eigenvalue weighted by atomic mass is 10.2. The zero-order chi connectivity index (χ0) is 15.4. The molecule has 7 heteroatoms. The van der Waals surface area contributed by atoms with Gasteiger partial charge in [-0.2, -0.15) is 0 Å². The molecule has 0 bridgehead atoms.